The monoisotopic (exact) mass is 199 g/mol. The molecule has 1 atom stereocenters. The molecule has 0 unspecified atom stereocenters. The molecule has 4 nitrogen and oxygen atoms in total. The number of H-pyrrole nitrogens is 1. The Bertz CT molecular complexity index is 294. The molecule has 0 aliphatic carbocycles. The quantitative estimate of drug-likeness (QED) is 0.565. The van der Waals surface area contributed by atoms with Gasteiger partial charge < -0.3 is 4.98 Å². The lowest BCUT2D eigenvalue weighted by Crippen LogP contribution is -2.25. The minimum Gasteiger partial charge on any atom is -0.351 e. The van der Waals surface area contributed by atoms with Crippen molar-refractivity contribution in [1.29, 1.82) is 0 Å². The molecule has 0 bridgehead atoms. The second-order valence-electron chi connectivity index (χ2n) is 2.56. The maximum atomic E-state index is 11.2. The molecule has 0 saturated heterocycles. The van der Waals surface area contributed by atoms with E-state index in [4.69, 9.17) is 11.8 Å². The van der Waals surface area contributed by atoms with Gasteiger partial charge >= 0.3 is 0 Å². The van der Waals surface area contributed by atoms with Crippen LogP contribution in [0, 0.1) is 0 Å². The summed E-state index contributed by atoms with van der Waals surface area (Å²) in [5.41, 5.74) is 0.718. The Labute approximate surface area is 81.1 Å². The lowest BCUT2D eigenvalue weighted by Gasteiger charge is -2.01. The summed E-state index contributed by atoms with van der Waals surface area (Å²) in [6, 6.07) is -0.378. The number of nitrogens with zero attached hydrogens (tertiary/aromatic N) is 1. The van der Waals surface area contributed by atoms with Gasteiger partial charge in [0.25, 0.3) is 0 Å². The topological polar surface area (TPSA) is 57.8 Å². The third-order valence-corrected chi connectivity index (χ3v) is 1.86. The highest BCUT2D eigenvalue weighted by atomic mass is 35.5. The predicted molar refractivity (Wildman–Crippen MR) is 51.1 cm³/mol. The molecule has 5 heteroatoms. The van der Waals surface area contributed by atoms with Crippen LogP contribution in [0.1, 0.15) is 12.6 Å². The zero-order chi connectivity index (χ0) is 9.68. The molecule has 0 aliphatic heterocycles. The van der Waals surface area contributed by atoms with Gasteiger partial charge in [0.2, 0.25) is 0 Å². The molecule has 2 N–H and O–H groups in total. The third kappa shape index (κ3) is 3.01. The van der Waals surface area contributed by atoms with Gasteiger partial charge in [-0.05, 0) is 30.9 Å². The molecule has 1 aromatic rings. The number of aromatic nitrogens is 2. The zero-order valence-electron chi connectivity index (χ0n) is 7.12. The Hall–Kier alpha value is -1.13. The number of imidazole rings is 1. The third-order valence-electron chi connectivity index (χ3n) is 1.53. The first kappa shape index (κ1) is 9.95. The van der Waals surface area contributed by atoms with Crippen molar-refractivity contribution >= 4 is 23.6 Å². The summed E-state index contributed by atoms with van der Waals surface area (Å²) >= 11 is 5.28. The first-order valence-corrected chi connectivity index (χ1v) is 4.18. The van der Waals surface area contributed by atoms with Crippen LogP contribution in [0.3, 0.4) is 0 Å². The standard InChI is InChI=1S/C8H10ClN3O/c1-6(12-9)8(13)3-2-7-4-10-5-11-7/h2-6,12H,1H3,(H,10,11)/b3-2+/t6-/m0/s1. The Balaban J connectivity index is 2.54. The van der Waals surface area contributed by atoms with Gasteiger partial charge in [0, 0.05) is 6.20 Å². The molecule has 0 spiro atoms. The number of halogens is 1. The van der Waals surface area contributed by atoms with Gasteiger partial charge in [0.1, 0.15) is 0 Å². The fraction of sp³-hybridized carbons (Fsp3) is 0.250. The second-order valence-corrected chi connectivity index (χ2v) is 2.78. The average Bonchev–Trinajstić information content (AvgIpc) is 2.65. The van der Waals surface area contributed by atoms with Crippen molar-refractivity contribution in [2.45, 2.75) is 13.0 Å². The van der Waals surface area contributed by atoms with Gasteiger partial charge in [-0.15, -0.1) is 0 Å². The van der Waals surface area contributed by atoms with E-state index in [2.05, 4.69) is 14.8 Å². The predicted octanol–water partition coefficient (Wildman–Crippen LogP) is 1.12. The van der Waals surface area contributed by atoms with Crippen LogP contribution in [0.15, 0.2) is 18.6 Å². The highest BCUT2D eigenvalue weighted by Crippen LogP contribution is 1.96. The van der Waals surface area contributed by atoms with Crippen LogP contribution in [-0.4, -0.2) is 21.8 Å². The van der Waals surface area contributed by atoms with Crippen molar-refractivity contribution in [3.63, 3.8) is 0 Å². The molecule has 0 aromatic carbocycles. The summed E-state index contributed by atoms with van der Waals surface area (Å²) in [4.78, 5) is 20.2. The number of ketones is 1. The van der Waals surface area contributed by atoms with Crippen molar-refractivity contribution in [2.24, 2.45) is 0 Å². The van der Waals surface area contributed by atoms with Crippen LogP contribution in [0.5, 0.6) is 0 Å². The molecule has 0 aliphatic rings. The zero-order valence-corrected chi connectivity index (χ0v) is 7.88. The number of hydrogen-bond acceptors (Lipinski definition) is 3. The summed E-state index contributed by atoms with van der Waals surface area (Å²) in [6.45, 7) is 1.68. The Morgan fingerprint density at radius 2 is 2.62 bits per heavy atom. The van der Waals surface area contributed by atoms with Crippen LogP contribution >= 0.6 is 11.8 Å². The molecule has 0 radical (unpaired) electrons. The van der Waals surface area contributed by atoms with Crippen molar-refractivity contribution < 1.29 is 4.79 Å². The summed E-state index contributed by atoms with van der Waals surface area (Å²) < 4.78 is 0. The fourth-order valence-corrected chi connectivity index (χ4v) is 0.836. The summed E-state index contributed by atoms with van der Waals surface area (Å²) in [7, 11) is 0. The van der Waals surface area contributed by atoms with E-state index in [0.29, 0.717) is 0 Å². The summed E-state index contributed by atoms with van der Waals surface area (Å²) in [5.74, 6) is -0.0852. The normalized spacial score (nSPS) is 13.4. The number of carbonyl (C=O) groups excluding carboxylic acids is 1. The van der Waals surface area contributed by atoms with E-state index in [-0.39, 0.29) is 11.8 Å². The van der Waals surface area contributed by atoms with Crippen molar-refractivity contribution in [3.8, 4) is 0 Å². The molecule has 1 heterocycles. The molecule has 0 fully saturated rings. The SMILES string of the molecule is C[C@H](NCl)C(=O)/C=C/c1c[nH]cn1. The molecular formula is C8H10ClN3O. The van der Waals surface area contributed by atoms with Crippen LogP contribution in [0.4, 0.5) is 0 Å². The maximum absolute atomic E-state index is 11.2. The van der Waals surface area contributed by atoms with Gasteiger partial charge in [-0.25, -0.2) is 9.82 Å². The lowest BCUT2D eigenvalue weighted by atomic mass is 10.2. The van der Waals surface area contributed by atoms with Crippen LogP contribution in [0.25, 0.3) is 6.08 Å². The largest absolute Gasteiger partial charge is 0.351 e. The van der Waals surface area contributed by atoms with E-state index in [9.17, 15) is 4.79 Å². The Morgan fingerprint density at radius 1 is 1.85 bits per heavy atom. The molecular weight excluding hydrogens is 190 g/mol. The molecule has 0 saturated carbocycles. The smallest absolute Gasteiger partial charge is 0.173 e. The van der Waals surface area contributed by atoms with Gasteiger partial charge in [0.05, 0.1) is 18.1 Å². The van der Waals surface area contributed by atoms with E-state index in [1.165, 1.54) is 6.08 Å². The summed E-state index contributed by atoms with van der Waals surface area (Å²) in [5, 5.41) is 0. The number of hydrogen-bond donors (Lipinski definition) is 2. The van der Waals surface area contributed by atoms with Crippen molar-refractivity contribution in [2.75, 3.05) is 0 Å². The summed E-state index contributed by atoms with van der Waals surface area (Å²) in [6.07, 6.45) is 6.32. The highest BCUT2D eigenvalue weighted by Gasteiger charge is 2.06. The van der Waals surface area contributed by atoms with Gasteiger partial charge in [-0.1, -0.05) is 0 Å². The molecule has 0 amide bonds. The van der Waals surface area contributed by atoms with E-state index < -0.39 is 0 Å². The van der Waals surface area contributed by atoms with E-state index in [1.54, 1.807) is 25.5 Å². The molecule has 13 heavy (non-hydrogen) atoms. The highest BCUT2D eigenvalue weighted by molar-refractivity contribution is 6.15. The van der Waals surface area contributed by atoms with Crippen LogP contribution in [0.2, 0.25) is 0 Å². The minimum atomic E-state index is -0.378. The molecule has 70 valence electrons. The first-order chi connectivity index (χ1) is 6.24. The Kier molecular flexibility index (Phi) is 3.67. The molecule has 1 rings (SSSR count). The number of carbonyl (C=O) groups is 1. The fourth-order valence-electron chi connectivity index (χ4n) is 0.728. The minimum absolute atomic E-state index is 0.0852. The second kappa shape index (κ2) is 4.79. The average molecular weight is 200 g/mol. The van der Waals surface area contributed by atoms with E-state index >= 15 is 0 Å². The van der Waals surface area contributed by atoms with Crippen LogP contribution in [-0.2, 0) is 4.79 Å². The number of rotatable bonds is 4. The van der Waals surface area contributed by atoms with Crippen molar-refractivity contribution in [3.05, 3.63) is 24.3 Å². The van der Waals surface area contributed by atoms with Gasteiger partial charge in [0.15, 0.2) is 5.78 Å². The molecule has 1 aromatic heterocycles. The van der Waals surface area contributed by atoms with Crippen LogP contribution < -0.4 is 4.84 Å². The van der Waals surface area contributed by atoms with Gasteiger partial charge in [-0.2, -0.15) is 0 Å². The first-order valence-electron chi connectivity index (χ1n) is 3.81. The van der Waals surface area contributed by atoms with Gasteiger partial charge in [-0.3, -0.25) is 4.79 Å². The maximum Gasteiger partial charge on any atom is 0.173 e. The Morgan fingerprint density at radius 3 is 3.15 bits per heavy atom. The number of aromatic amines is 1. The number of nitrogens with one attached hydrogen (secondary N) is 2. The van der Waals surface area contributed by atoms with Crippen molar-refractivity contribution in [1.82, 2.24) is 14.8 Å². The van der Waals surface area contributed by atoms with E-state index in [0.717, 1.165) is 5.69 Å². The van der Waals surface area contributed by atoms with E-state index in [1.807, 2.05) is 0 Å². The lowest BCUT2D eigenvalue weighted by molar-refractivity contribution is -0.115.